The highest BCUT2D eigenvalue weighted by Gasteiger charge is 2.52. The standard InChI is InChI=1S/C15H18O4/c1-6-4-5-9-7(2)15(18)19-14(9)11-8(3)12(16)13(17)10(6)11/h7,9,11,14,16H,4-5H2,1-3H3. The lowest BCUT2D eigenvalue weighted by Gasteiger charge is -2.23. The molecule has 19 heavy (non-hydrogen) atoms. The molecule has 4 unspecified atom stereocenters. The molecule has 1 N–H and O–H groups in total. The number of ketones is 1. The molecule has 0 bridgehead atoms. The molecule has 0 aromatic rings. The molecular formula is C15H18O4. The normalized spacial score (nSPS) is 38.3. The summed E-state index contributed by atoms with van der Waals surface area (Å²) in [5, 5.41) is 9.91. The number of carbonyl (C=O) groups excluding carboxylic acids is 2. The largest absolute Gasteiger partial charge is 0.504 e. The van der Waals surface area contributed by atoms with Crippen LogP contribution in [-0.4, -0.2) is 23.0 Å². The van der Waals surface area contributed by atoms with Crippen molar-refractivity contribution in [2.75, 3.05) is 0 Å². The number of hydrogen-bond donors (Lipinski definition) is 1. The van der Waals surface area contributed by atoms with Crippen LogP contribution in [0.15, 0.2) is 22.5 Å². The quantitative estimate of drug-likeness (QED) is 0.680. The van der Waals surface area contributed by atoms with Gasteiger partial charge in [-0.3, -0.25) is 9.59 Å². The summed E-state index contributed by atoms with van der Waals surface area (Å²) < 4.78 is 5.52. The molecule has 0 spiro atoms. The van der Waals surface area contributed by atoms with Crippen molar-refractivity contribution in [3.63, 3.8) is 0 Å². The van der Waals surface area contributed by atoms with Crippen LogP contribution in [0.25, 0.3) is 0 Å². The predicted octanol–water partition coefficient (Wildman–Crippen LogP) is 2.31. The van der Waals surface area contributed by atoms with Crippen LogP contribution in [-0.2, 0) is 14.3 Å². The number of Topliss-reactive ketones (excluding diaryl/α,β-unsaturated/α-hetero) is 1. The molecule has 3 rings (SSSR count). The fourth-order valence-corrected chi connectivity index (χ4v) is 3.72. The van der Waals surface area contributed by atoms with E-state index in [2.05, 4.69) is 0 Å². The van der Waals surface area contributed by atoms with Gasteiger partial charge in [-0.1, -0.05) is 12.5 Å². The maximum atomic E-state index is 12.2. The second kappa shape index (κ2) is 3.95. The van der Waals surface area contributed by atoms with Crippen LogP contribution < -0.4 is 0 Å². The summed E-state index contributed by atoms with van der Waals surface area (Å²) in [6, 6.07) is 0. The molecule has 4 nitrogen and oxygen atoms in total. The van der Waals surface area contributed by atoms with Gasteiger partial charge < -0.3 is 9.84 Å². The lowest BCUT2D eigenvalue weighted by Crippen LogP contribution is -2.28. The number of esters is 1. The van der Waals surface area contributed by atoms with Crippen LogP contribution in [0.1, 0.15) is 33.6 Å². The van der Waals surface area contributed by atoms with Gasteiger partial charge in [0.1, 0.15) is 6.10 Å². The van der Waals surface area contributed by atoms with Crippen LogP contribution in [0.2, 0.25) is 0 Å². The Hall–Kier alpha value is -1.58. The van der Waals surface area contributed by atoms with Crippen molar-refractivity contribution in [2.45, 2.75) is 39.7 Å². The average molecular weight is 262 g/mol. The highest BCUT2D eigenvalue weighted by molar-refractivity contribution is 6.11. The molecule has 0 radical (unpaired) electrons. The van der Waals surface area contributed by atoms with Crippen molar-refractivity contribution < 1.29 is 19.4 Å². The highest BCUT2D eigenvalue weighted by Crippen LogP contribution is 2.48. The van der Waals surface area contributed by atoms with Gasteiger partial charge in [-0.15, -0.1) is 0 Å². The van der Waals surface area contributed by atoms with E-state index in [4.69, 9.17) is 4.74 Å². The van der Waals surface area contributed by atoms with Crippen molar-refractivity contribution in [2.24, 2.45) is 17.8 Å². The Morgan fingerprint density at radius 3 is 2.63 bits per heavy atom. The Labute approximate surface area is 112 Å². The first-order chi connectivity index (χ1) is 8.93. The van der Waals surface area contributed by atoms with Gasteiger partial charge in [0.05, 0.1) is 11.8 Å². The molecule has 2 aliphatic carbocycles. The van der Waals surface area contributed by atoms with E-state index in [9.17, 15) is 14.7 Å². The molecule has 102 valence electrons. The summed E-state index contributed by atoms with van der Waals surface area (Å²) in [7, 11) is 0. The van der Waals surface area contributed by atoms with Gasteiger partial charge in [-0.05, 0) is 32.3 Å². The maximum Gasteiger partial charge on any atom is 0.309 e. The molecule has 0 aromatic carbocycles. The Morgan fingerprint density at radius 2 is 1.95 bits per heavy atom. The van der Waals surface area contributed by atoms with Gasteiger partial charge in [0, 0.05) is 11.5 Å². The predicted molar refractivity (Wildman–Crippen MR) is 68.3 cm³/mol. The molecule has 1 saturated heterocycles. The zero-order valence-corrected chi connectivity index (χ0v) is 11.4. The third kappa shape index (κ3) is 1.52. The van der Waals surface area contributed by atoms with E-state index < -0.39 is 0 Å². The zero-order chi connectivity index (χ0) is 13.9. The van der Waals surface area contributed by atoms with Gasteiger partial charge in [0.15, 0.2) is 5.76 Å². The molecule has 1 fully saturated rings. The first kappa shape index (κ1) is 12.5. The Morgan fingerprint density at radius 1 is 1.26 bits per heavy atom. The van der Waals surface area contributed by atoms with Gasteiger partial charge in [0.25, 0.3) is 0 Å². The molecule has 3 aliphatic rings. The number of carbonyl (C=O) groups is 2. The number of allylic oxidation sites excluding steroid dienone is 2. The third-order valence-electron chi connectivity index (χ3n) is 4.94. The molecule has 4 heteroatoms. The lowest BCUT2D eigenvalue weighted by atomic mass is 9.81. The summed E-state index contributed by atoms with van der Waals surface area (Å²) in [5.74, 6) is -0.845. The fourth-order valence-electron chi connectivity index (χ4n) is 3.72. The van der Waals surface area contributed by atoms with Gasteiger partial charge in [-0.25, -0.2) is 0 Å². The minimum atomic E-state index is -0.288. The monoisotopic (exact) mass is 262 g/mol. The number of fused-ring (bicyclic) bond motifs is 3. The summed E-state index contributed by atoms with van der Waals surface area (Å²) in [6.07, 6.45) is 1.37. The summed E-state index contributed by atoms with van der Waals surface area (Å²) in [5.41, 5.74) is 2.33. The minimum absolute atomic E-state index is 0.122. The van der Waals surface area contributed by atoms with Crippen LogP contribution in [0.4, 0.5) is 0 Å². The lowest BCUT2D eigenvalue weighted by molar-refractivity contribution is -0.144. The average Bonchev–Trinajstić information content (AvgIpc) is 2.70. The topological polar surface area (TPSA) is 63.6 Å². The van der Waals surface area contributed by atoms with Crippen LogP contribution in [0, 0.1) is 17.8 Å². The fraction of sp³-hybridized carbons (Fsp3) is 0.600. The SMILES string of the molecule is CC1=C2C(=O)C(O)=C(C)C2C2OC(=O)C(C)C2CC1. The van der Waals surface area contributed by atoms with E-state index in [0.717, 1.165) is 18.4 Å². The van der Waals surface area contributed by atoms with Crippen molar-refractivity contribution in [3.05, 3.63) is 22.5 Å². The minimum Gasteiger partial charge on any atom is -0.504 e. The van der Waals surface area contributed by atoms with Crippen molar-refractivity contribution in [3.8, 4) is 0 Å². The Kier molecular flexibility index (Phi) is 2.59. The zero-order valence-electron chi connectivity index (χ0n) is 11.4. The molecule has 0 aromatic heterocycles. The molecule has 4 atom stereocenters. The number of rotatable bonds is 0. The Balaban J connectivity index is 2.11. The molecule has 0 amide bonds. The molecular weight excluding hydrogens is 244 g/mol. The molecule has 1 heterocycles. The van der Waals surface area contributed by atoms with E-state index in [1.54, 1.807) is 6.92 Å². The molecule has 0 saturated carbocycles. The summed E-state index contributed by atoms with van der Waals surface area (Å²) in [4.78, 5) is 23.9. The number of ether oxygens (including phenoxy) is 1. The summed E-state index contributed by atoms with van der Waals surface area (Å²) >= 11 is 0. The number of aliphatic hydroxyl groups is 1. The second-order valence-electron chi connectivity index (χ2n) is 5.93. The Bertz CT molecular complexity index is 540. The van der Waals surface area contributed by atoms with Crippen molar-refractivity contribution >= 4 is 11.8 Å². The van der Waals surface area contributed by atoms with E-state index in [1.165, 1.54) is 0 Å². The van der Waals surface area contributed by atoms with Crippen LogP contribution in [0.3, 0.4) is 0 Å². The van der Waals surface area contributed by atoms with E-state index in [0.29, 0.717) is 11.1 Å². The second-order valence-corrected chi connectivity index (χ2v) is 5.93. The van der Waals surface area contributed by atoms with Crippen LogP contribution in [0.5, 0.6) is 0 Å². The maximum absolute atomic E-state index is 12.2. The van der Waals surface area contributed by atoms with Crippen molar-refractivity contribution in [1.29, 1.82) is 0 Å². The highest BCUT2D eigenvalue weighted by atomic mass is 16.6. The molecule has 1 aliphatic heterocycles. The van der Waals surface area contributed by atoms with E-state index in [1.807, 2.05) is 13.8 Å². The number of hydrogen-bond acceptors (Lipinski definition) is 4. The van der Waals surface area contributed by atoms with Crippen LogP contribution >= 0.6 is 0 Å². The number of aliphatic hydroxyl groups excluding tert-OH is 1. The van der Waals surface area contributed by atoms with Gasteiger partial charge >= 0.3 is 5.97 Å². The van der Waals surface area contributed by atoms with E-state index in [-0.39, 0.29) is 41.4 Å². The van der Waals surface area contributed by atoms with Gasteiger partial charge in [-0.2, -0.15) is 0 Å². The van der Waals surface area contributed by atoms with Crippen molar-refractivity contribution in [1.82, 2.24) is 0 Å². The van der Waals surface area contributed by atoms with E-state index >= 15 is 0 Å². The first-order valence-corrected chi connectivity index (χ1v) is 6.78. The third-order valence-corrected chi connectivity index (χ3v) is 4.94. The van der Waals surface area contributed by atoms with Gasteiger partial charge in [0.2, 0.25) is 5.78 Å². The summed E-state index contributed by atoms with van der Waals surface area (Å²) in [6.45, 7) is 5.60. The first-order valence-electron chi connectivity index (χ1n) is 6.78. The smallest absolute Gasteiger partial charge is 0.309 e.